The molecule has 0 unspecified atom stereocenters. The Kier molecular flexibility index (Phi) is 7.74. The highest BCUT2D eigenvalue weighted by Crippen LogP contribution is 2.30. The first kappa shape index (κ1) is 23.5. The van der Waals surface area contributed by atoms with E-state index in [2.05, 4.69) is 50.9 Å². The lowest BCUT2D eigenvalue weighted by atomic mass is 9.91. The van der Waals surface area contributed by atoms with Gasteiger partial charge in [0.15, 0.2) is 5.11 Å². The summed E-state index contributed by atoms with van der Waals surface area (Å²) in [5.41, 5.74) is 3.43. The van der Waals surface area contributed by atoms with Gasteiger partial charge in [0.1, 0.15) is 5.82 Å². The molecule has 1 fully saturated rings. The van der Waals surface area contributed by atoms with E-state index in [0.717, 1.165) is 60.5 Å². The first-order valence-corrected chi connectivity index (χ1v) is 12.8. The summed E-state index contributed by atoms with van der Waals surface area (Å²) in [6, 6.07) is 6.47. The van der Waals surface area contributed by atoms with Crippen LogP contribution < -0.4 is 20.9 Å². The highest BCUT2D eigenvalue weighted by molar-refractivity contribution is 9.10. The number of hydrogen-bond donors (Lipinski definition) is 3. The predicted octanol–water partition coefficient (Wildman–Crippen LogP) is 5.55. The van der Waals surface area contributed by atoms with Crippen LogP contribution in [-0.4, -0.2) is 41.3 Å². The maximum Gasteiger partial charge on any atom is 0.225 e. The van der Waals surface area contributed by atoms with Crippen LogP contribution in [0.2, 0.25) is 5.02 Å². The predicted molar refractivity (Wildman–Crippen MR) is 141 cm³/mol. The van der Waals surface area contributed by atoms with E-state index in [1.165, 1.54) is 24.1 Å². The highest BCUT2D eigenvalue weighted by Gasteiger charge is 2.24. The van der Waals surface area contributed by atoms with Crippen LogP contribution in [0, 0.1) is 0 Å². The average Bonchev–Trinajstić information content (AvgIpc) is 2.77. The highest BCUT2D eigenvalue weighted by atomic mass is 79.9. The van der Waals surface area contributed by atoms with Gasteiger partial charge in [-0.3, -0.25) is 0 Å². The van der Waals surface area contributed by atoms with Crippen molar-refractivity contribution in [2.75, 3.05) is 29.6 Å². The van der Waals surface area contributed by atoms with Gasteiger partial charge in [0.05, 0.1) is 10.7 Å². The van der Waals surface area contributed by atoms with Crippen LogP contribution in [0.5, 0.6) is 0 Å². The van der Waals surface area contributed by atoms with Gasteiger partial charge in [0, 0.05) is 41.9 Å². The van der Waals surface area contributed by atoms with Crippen LogP contribution in [-0.2, 0) is 12.8 Å². The number of halogens is 2. The van der Waals surface area contributed by atoms with E-state index in [0.29, 0.717) is 22.2 Å². The zero-order valence-electron chi connectivity index (χ0n) is 18.5. The summed E-state index contributed by atoms with van der Waals surface area (Å²) in [4.78, 5) is 11.8. The van der Waals surface area contributed by atoms with Gasteiger partial charge >= 0.3 is 0 Å². The van der Waals surface area contributed by atoms with Gasteiger partial charge < -0.3 is 20.9 Å². The van der Waals surface area contributed by atoms with Gasteiger partial charge in [-0.15, -0.1) is 0 Å². The number of thiocarbonyl (C=S) groups is 1. The number of benzene rings is 1. The zero-order chi connectivity index (χ0) is 22.7. The zero-order valence-corrected chi connectivity index (χ0v) is 21.7. The van der Waals surface area contributed by atoms with Crippen LogP contribution in [0.15, 0.2) is 22.7 Å². The van der Waals surface area contributed by atoms with Gasteiger partial charge in [0.2, 0.25) is 5.95 Å². The normalized spacial score (nSPS) is 20.2. The second kappa shape index (κ2) is 10.5. The number of rotatable bonds is 5. The lowest BCUT2D eigenvalue weighted by Crippen LogP contribution is -2.42. The molecule has 0 bridgehead atoms. The summed E-state index contributed by atoms with van der Waals surface area (Å²) in [7, 11) is 4.13. The SMILES string of the molecule is CN(C)c1nc(NC2CCC(NC(=S)Nc3ccc(Br)c(Cl)c3)CC2)nc2c1CCCC2. The average molecular weight is 538 g/mol. The number of fused-ring (bicyclic) bond motifs is 1. The third-order valence-electron chi connectivity index (χ3n) is 6.16. The Morgan fingerprint density at radius 3 is 2.53 bits per heavy atom. The second-order valence-electron chi connectivity index (χ2n) is 8.82. The fraction of sp³-hybridized carbons (Fsp3) is 0.522. The maximum absolute atomic E-state index is 6.17. The molecule has 0 aliphatic heterocycles. The summed E-state index contributed by atoms with van der Waals surface area (Å²) in [5, 5.41) is 11.6. The van der Waals surface area contributed by atoms with Crippen molar-refractivity contribution in [1.82, 2.24) is 15.3 Å². The molecule has 1 saturated carbocycles. The first-order valence-electron chi connectivity index (χ1n) is 11.3. The molecule has 0 amide bonds. The number of nitrogens with one attached hydrogen (secondary N) is 3. The van der Waals surface area contributed by atoms with Crippen molar-refractivity contribution in [3.05, 3.63) is 39.0 Å². The van der Waals surface area contributed by atoms with Gasteiger partial charge in [-0.2, -0.15) is 4.98 Å². The van der Waals surface area contributed by atoms with Crippen molar-refractivity contribution in [3.8, 4) is 0 Å². The Hall–Kier alpha value is -1.64. The molecule has 2 aliphatic rings. The molecular weight excluding hydrogens is 508 g/mol. The molecule has 1 aromatic heterocycles. The molecule has 9 heteroatoms. The van der Waals surface area contributed by atoms with Crippen molar-refractivity contribution in [3.63, 3.8) is 0 Å². The van der Waals surface area contributed by atoms with E-state index in [-0.39, 0.29) is 0 Å². The van der Waals surface area contributed by atoms with Gasteiger partial charge in [0.25, 0.3) is 0 Å². The van der Waals surface area contributed by atoms with Crippen molar-refractivity contribution < 1.29 is 0 Å². The third kappa shape index (κ3) is 5.83. The topological polar surface area (TPSA) is 65.1 Å². The first-order chi connectivity index (χ1) is 15.4. The molecular formula is C23H30BrClN6S. The molecule has 0 spiro atoms. The number of hydrogen-bond acceptors (Lipinski definition) is 5. The van der Waals surface area contributed by atoms with Crippen LogP contribution in [0.1, 0.15) is 49.8 Å². The molecule has 2 aliphatic carbocycles. The second-order valence-corrected chi connectivity index (χ2v) is 10.5. The summed E-state index contributed by atoms with van der Waals surface area (Å²) in [6.07, 6.45) is 8.79. The molecule has 0 radical (unpaired) electrons. The van der Waals surface area contributed by atoms with E-state index < -0.39 is 0 Å². The van der Waals surface area contributed by atoms with Crippen molar-refractivity contribution in [2.24, 2.45) is 0 Å². The van der Waals surface area contributed by atoms with Gasteiger partial charge in [-0.25, -0.2) is 4.98 Å². The van der Waals surface area contributed by atoms with Crippen molar-refractivity contribution in [2.45, 2.75) is 63.5 Å². The fourth-order valence-corrected chi connectivity index (χ4v) is 5.21. The molecule has 172 valence electrons. The number of anilines is 3. The fourth-order valence-electron chi connectivity index (χ4n) is 4.50. The Morgan fingerprint density at radius 2 is 1.81 bits per heavy atom. The molecule has 1 heterocycles. The third-order valence-corrected chi connectivity index (χ3v) is 7.61. The number of nitrogens with zero attached hydrogens (tertiary/aromatic N) is 3. The summed E-state index contributed by atoms with van der Waals surface area (Å²) in [5.74, 6) is 1.84. The summed E-state index contributed by atoms with van der Waals surface area (Å²) in [6.45, 7) is 0. The molecule has 6 nitrogen and oxygen atoms in total. The molecule has 2 aromatic rings. The van der Waals surface area contributed by atoms with Crippen LogP contribution >= 0.6 is 39.7 Å². The van der Waals surface area contributed by atoms with Gasteiger partial charge in [-0.05, 0) is 97.7 Å². The Morgan fingerprint density at radius 1 is 1.09 bits per heavy atom. The monoisotopic (exact) mass is 536 g/mol. The minimum Gasteiger partial charge on any atom is -0.362 e. The Labute approximate surface area is 209 Å². The molecule has 3 N–H and O–H groups in total. The molecule has 0 atom stereocenters. The number of aryl methyl sites for hydroxylation is 1. The van der Waals surface area contributed by atoms with E-state index >= 15 is 0 Å². The molecule has 4 rings (SSSR count). The molecule has 1 aromatic carbocycles. The standard InChI is InChI=1S/C23H30BrClN6S/c1-31(2)21-17-5-3-4-6-20(17)29-22(30-21)26-14-7-9-15(10-8-14)27-23(32)28-16-11-12-18(24)19(25)13-16/h11-15H,3-10H2,1-2H3,(H,26,29,30)(H2,27,28,32). The molecule has 32 heavy (non-hydrogen) atoms. The summed E-state index contributed by atoms with van der Waals surface area (Å²) >= 11 is 15.1. The quantitative estimate of drug-likeness (QED) is 0.432. The van der Waals surface area contributed by atoms with Crippen LogP contribution in [0.3, 0.4) is 0 Å². The van der Waals surface area contributed by atoms with Crippen LogP contribution in [0.4, 0.5) is 17.5 Å². The van der Waals surface area contributed by atoms with E-state index in [1.807, 2.05) is 18.2 Å². The Bertz CT molecular complexity index is 977. The van der Waals surface area contributed by atoms with E-state index in [1.54, 1.807) is 0 Å². The lowest BCUT2D eigenvalue weighted by Gasteiger charge is -2.31. The maximum atomic E-state index is 6.17. The lowest BCUT2D eigenvalue weighted by molar-refractivity contribution is 0.387. The van der Waals surface area contributed by atoms with E-state index in [4.69, 9.17) is 33.8 Å². The van der Waals surface area contributed by atoms with Crippen LogP contribution in [0.25, 0.3) is 0 Å². The minimum absolute atomic E-state index is 0.362. The summed E-state index contributed by atoms with van der Waals surface area (Å²) < 4.78 is 0.870. The van der Waals surface area contributed by atoms with Crippen molar-refractivity contribution in [1.29, 1.82) is 0 Å². The number of aromatic nitrogens is 2. The molecule has 0 saturated heterocycles. The van der Waals surface area contributed by atoms with Gasteiger partial charge in [-0.1, -0.05) is 11.6 Å². The minimum atomic E-state index is 0.362. The Balaban J connectivity index is 1.30. The van der Waals surface area contributed by atoms with E-state index in [9.17, 15) is 0 Å². The largest absolute Gasteiger partial charge is 0.362 e. The smallest absolute Gasteiger partial charge is 0.225 e. The van der Waals surface area contributed by atoms with Crippen molar-refractivity contribution >= 4 is 62.3 Å².